The van der Waals surface area contributed by atoms with Gasteiger partial charge in [0.05, 0.1) is 31.9 Å². The monoisotopic (exact) mass is 482 g/mol. The fourth-order valence-corrected chi connectivity index (χ4v) is 3.91. The van der Waals surface area contributed by atoms with E-state index in [1.165, 1.54) is 42.6 Å². The van der Waals surface area contributed by atoms with Gasteiger partial charge in [-0.1, -0.05) is 36.4 Å². The molecule has 1 aromatic heterocycles. The molecule has 3 aromatic rings. The van der Waals surface area contributed by atoms with E-state index in [1.54, 1.807) is 44.4 Å². The Kier molecular flexibility index (Phi) is 8.26. The molecule has 0 bridgehead atoms. The summed E-state index contributed by atoms with van der Waals surface area (Å²) < 4.78 is 16.3. The minimum absolute atomic E-state index is 0.0321. The summed E-state index contributed by atoms with van der Waals surface area (Å²) in [6.07, 6.45) is -1.02. The van der Waals surface area contributed by atoms with Crippen LogP contribution in [0.3, 0.4) is 0 Å². The molecule has 0 fully saturated rings. The number of likely N-dealkylation sites (N-methyl/N-ethyl adjacent to an activating group) is 1. The van der Waals surface area contributed by atoms with Gasteiger partial charge >= 0.3 is 5.97 Å². The number of anilines is 1. The van der Waals surface area contributed by atoms with Gasteiger partial charge in [-0.2, -0.15) is 0 Å². The van der Waals surface area contributed by atoms with Crippen molar-refractivity contribution in [3.05, 3.63) is 76.0 Å². The third kappa shape index (κ3) is 5.93. The van der Waals surface area contributed by atoms with E-state index in [2.05, 4.69) is 5.32 Å². The van der Waals surface area contributed by atoms with E-state index in [0.29, 0.717) is 11.3 Å². The van der Waals surface area contributed by atoms with E-state index in [0.717, 1.165) is 4.88 Å². The minimum atomic E-state index is -1.16. The molecule has 3 rings (SSSR count). The van der Waals surface area contributed by atoms with Gasteiger partial charge in [-0.05, 0) is 11.4 Å². The highest BCUT2D eigenvalue weighted by molar-refractivity contribution is 7.10. The molecule has 9 heteroatoms. The van der Waals surface area contributed by atoms with Crippen LogP contribution in [0.25, 0.3) is 0 Å². The van der Waals surface area contributed by atoms with Crippen LogP contribution in [0.5, 0.6) is 11.5 Å². The topological polar surface area (TPSA) is 94.2 Å². The first kappa shape index (κ1) is 24.8. The Labute approximate surface area is 202 Å². The molecule has 0 radical (unpaired) electrons. The fourth-order valence-electron chi connectivity index (χ4n) is 3.21. The van der Waals surface area contributed by atoms with E-state index in [-0.39, 0.29) is 29.3 Å². The Morgan fingerprint density at radius 2 is 1.65 bits per heavy atom. The standard InChI is InChI=1S/C25H26N2O6S/c1-27(2)24(29)23(16-9-6-5-7-10-16)33-25(30)18-14-20(31-3)21(32-4)15-19(18)26-22(28)13-17-11-8-12-34-17/h5-12,14-15,23H,13H2,1-4H3,(H,26,28). The van der Waals surface area contributed by atoms with Crippen LogP contribution in [0.1, 0.15) is 26.9 Å². The molecule has 0 saturated heterocycles. The predicted octanol–water partition coefficient (Wildman–Crippen LogP) is 3.93. The summed E-state index contributed by atoms with van der Waals surface area (Å²) in [5.41, 5.74) is 0.747. The van der Waals surface area contributed by atoms with Gasteiger partial charge in [0.1, 0.15) is 0 Å². The van der Waals surface area contributed by atoms with Gasteiger partial charge in [-0.15, -0.1) is 11.3 Å². The van der Waals surface area contributed by atoms with Gasteiger partial charge in [0, 0.05) is 36.7 Å². The van der Waals surface area contributed by atoms with Crippen LogP contribution in [0.4, 0.5) is 5.69 Å². The summed E-state index contributed by atoms with van der Waals surface area (Å²) in [6, 6.07) is 15.4. The van der Waals surface area contributed by atoms with Gasteiger partial charge in [-0.3, -0.25) is 9.59 Å². The van der Waals surface area contributed by atoms with E-state index in [4.69, 9.17) is 14.2 Å². The van der Waals surface area contributed by atoms with Crippen LogP contribution in [0, 0.1) is 0 Å². The number of hydrogen-bond acceptors (Lipinski definition) is 7. The van der Waals surface area contributed by atoms with Crippen molar-refractivity contribution >= 4 is 34.8 Å². The number of carbonyl (C=O) groups is 3. The Balaban J connectivity index is 1.95. The predicted molar refractivity (Wildman–Crippen MR) is 129 cm³/mol. The average Bonchev–Trinajstić information content (AvgIpc) is 3.34. The lowest BCUT2D eigenvalue weighted by Crippen LogP contribution is -2.31. The van der Waals surface area contributed by atoms with Crippen molar-refractivity contribution in [1.29, 1.82) is 0 Å². The highest BCUT2D eigenvalue weighted by Crippen LogP contribution is 2.35. The largest absolute Gasteiger partial charge is 0.493 e. The zero-order chi connectivity index (χ0) is 24.7. The number of nitrogens with one attached hydrogen (secondary N) is 1. The van der Waals surface area contributed by atoms with E-state index < -0.39 is 18.0 Å². The van der Waals surface area contributed by atoms with Crippen molar-refractivity contribution in [3.8, 4) is 11.5 Å². The van der Waals surface area contributed by atoms with Crippen LogP contribution >= 0.6 is 11.3 Å². The zero-order valence-electron chi connectivity index (χ0n) is 19.4. The Hall–Kier alpha value is -3.85. The molecule has 0 aliphatic heterocycles. The number of methoxy groups -OCH3 is 2. The number of rotatable bonds is 9. The summed E-state index contributed by atoms with van der Waals surface area (Å²) in [4.78, 5) is 41.0. The molecule has 178 valence electrons. The number of esters is 1. The Bertz CT molecular complexity index is 1150. The van der Waals surface area contributed by atoms with Crippen molar-refractivity contribution < 1.29 is 28.6 Å². The molecule has 0 aliphatic rings. The number of ether oxygens (including phenoxy) is 3. The molecule has 0 aliphatic carbocycles. The van der Waals surface area contributed by atoms with Crippen LogP contribution in [-0.2, 0) is 20.7 Å². The smallest absolute Gasteiger partial charge is 0.341 e. The Morgan fingerprint density at radius 3 is 2.24 bits per heavy atom. The maximum atomic E-state index is 13.3. The van der Waals surface area contributed by atoms with Crippen LogP contribution in [0.15, 0.2) is 60.0 Å². The second-order valence-electron chi connectivity index (χ2n) is 7.49. The number of hydrogen-bond donors (Lipinski definition) is 1. The fraction of sp³-hybridized carbons (Fsp3) is 0.240. The second kappa shape index (κ2) is 11.3. The summed E-state index contributed by atoms with van der Waals surface area (Å²) in [5, 5.41) is 4.64. The lowest BCUT2D eigenvalue weighted by atomic mass is 10.1. The van der Waals surface area contributed by atoms with E-state index >= 15 is 0 Å². The molecule has 8 nitrogen and oxygen atoms in total. The molecule has 34 heavy (non-hydrogen) atoms. The average molecular weight is 483 g/mol. The molecule has 1 N–H and O–H groups in total. The van der Waals surface area contributed by atoms with Crippen molar-refractivity contribution in [2.45, 2.75) is 12.5 Å². The molecule has 1 unspecified atom stereocenters. The third-order valence-electron chi connectivity index (χ3n) is 4.92. The lowest BCUT2D eigenvalue weighted by molar-refractivity contribution is -0.138. The first-order valence-electron chi connectivity index (χ1n) is 10.4. The maximum Gasteiger partial charge on any atom is 0.341 e. The summed E-state index contributed by atoms with van der Waals surface area (Å²) in [6.45, 7) is 0. The molecular weight excluding hydrogens is 456 g/mol. The van der Waals surface area contributed by atoms with Gasteiger partial charge in [0.15, 0.2) is 11.5 Å². The van der Waals surface area contributed by atoms with Crippen LogP contribution in [0.2, 0.25) is 0 Å². The quantitative estimate of drug-likeness (QED) is 0.465. The number of thiophene rings is 1. The highest BCUT2D eigenvalue weighted by Gasteiger charge is 2.29. The molecule has 0 saturated carbocycles. The first-order valence-corrected chi connectivity index (χ1v) is 11.3. The molecule has 0 spiro atoms. The summed E-state index contributed by atoms with van der Waals surface area (Å²) in [5.74, 6) is -0.900. The van der Waals surface area contributed by atoms with Gasteiger partial charge in [0.25, 0.3) is 5.91 Å². The van der Waals surface area contributed by atoms with Crippen molar-refractivity contribution in [2.75, 3.05) is 33.6 Å². The number of nitrogens with zero attached hydrogens (tertiary/aromatic N) is 1. The molecule has 2 amide bonds. The normalized spacial score (nSPS) is 11.3. The number of benzene rings is 2. The van der Waals surface area contributed by atoms with Gasteiger partial charge in [0.2, 0.25) is 12.0 Å². The maximum absolute atomic E-state index is 13.3. The van der Waals surface area contributed by atoms with Gasteiger partial charge in [-0.25, -0.2) is 4.79 Å². The molecule has 1 atom stereocenters. The third-order valence-corrected chi connectivity index (χ3v) is 5.80. The molecule has 1 heterocycles. The van der Waals surface area contributed by atoms with Crippen molar-refractivity contribution in [1.82, 2.24) is 4.90 Å². The van der Waals surface area contributed by atoms with Crippen LogP contribution in [-0.4, -0.2) is 51.0 Å². The second-order valence-corrected chi connectivity index (χ2v) is 8.52. The van der Waals surface area contributed by atoms with Gasteiger partial charge < -0.3 is 24.4 Å². The Morgan fingerprint density at radius 1 is 0.971 bits per heavy atom. The van der Waals surface area contributed by atoms with Crippen LogP contribution < -0.4 is 14.8 Å². The number of amides is 2. The first-order chi connectivity index (χ1) is 16.3. The molecule has 2 aromatic carbocycles. The van der Waals surface area contributed by atoms with E-state index in [1.807, 2.05) is 17.5 Å². The summed E-state index contributed by atoms with van der Waals surface area (Å²) >= 11 is 1.46. The zero-order valence-corrected chi connectivity index (χ0v) is 20.2. The van der Waals surface area contributed by atoms with Crippen molar-refractivity contribution in [3.63, 3.8) is 0 Å². The highest BCUT2D eigenvalue weighted by atomic mass is 32.1. The summed E-state index contributed by atoms with van der Waals surface area (Å²) in [7, 11) is 6.05. The van der Waals surface area contributed by atoms with E-state index in [9.17, 15) is 14.4 Å². The lowest BCUT2D eigenvalue weighted by Gasteiger charge is -2.22. The SMILES string of the molecule is COc1cc(NC(=O)Cc2cccs2)c(C(=O)OC(C(=O)N(C)C)c2ccccc2)cc1OC. The van der Waals surface area contributed by atoms with Crippen molar-refractivity contribution in [2.24, 2.45) is 0 Å². The number of carbonyl (C=O) groups excluding carboxylic acids is 3. The minimum Gasteiger partial charge on any atom is -0.493 e. The molecular formula is C25H26N2O6S.